The summed E-state index contributed by atoms with van der Waals surface area (Å²) >= 11 is 0. The van der Waals surface area contributed by atoms with Crippen molar-refractivity contribution < 1.29 is 23.8 Å². The molecule has 5 nitrogen and oxygen atoms in total. The Bertz CT molecular complexity index is 1580. The highest BCUT2D eigenvalue weighted by Crippen LogP contribution is 2.37. The number of allylic oxidation sites excluding steroid dienone is 1. The summed E-state index contributed by atoms with van der Waals surface area (Å²) in [5.41, 5.74) is 4.48. The Morgan fingerprint density at radius 3 is 2.35 bits per heavy atom. The summed E-state index contributed by atoms with van der Waals surface area (Å²) in [5, 5.41) is 11.1. The highest BCUT2D eigenvalue weighted by molar-refractivity contribution is 6.12. The minimum atomic E-state index is -0.362. The van der Waals surface area contributed by atoms with Crippen LogP contribution in [-0.2, 0) is 6.61 Å². The van der Waals surface area contributed by atoms with Crippen LogP contribution >= 0.6 is 0 Å². The summed E-state index contributed by atoms with van der Waals surface area (Å²) in [7, 11) is 1.52. The fourth-order valence-electron chi connectivity index (χ4n) is 4.24. The van der Waals surface area contributed by atoms with E-state index in [0.29, 0.717) is 40.2 Å². The smallest absolute Gasteiger partial charge is 0.193 e. The number of rotatable bonds is 8. The number of hydrogen-bond acceptors (Lipinski definition) is 5. The van der Waals surface area contributed by atoms with Gasteiger partial charge < -0.3 is 19.0 Å². The van der Waals surface area contributed by atoms with E-state index in [0.717, 1.165) is 22.4 Å². The average Bonchev–Trinajstić information content (AvgIpc) is 3.37. The monoisotopic (exact) mass is 490 g/mol. The minimum Gasteiger partial charge on any atom is -0.507 e. The Morgan fingerprint density at radius 2 is 1.65 bits per heavy atom. The van der Waals surface area contributed by atoms with Gasteiger partial charge >= 0.3 is 0 Å². The zero-order valence-electron chi connectivity index (χ0n) is 20.6. The topological polar surface area (TPSA) is 68.9 Å². The van der Waals surface area contributed by atoms with E-state index in [1.165, 1.54) is 13.2 Å². The molecule has 0 bridgehead atoms. The van der Waals surface area contributed by atoms with E-state index < -0.39 is 0 Å². The van der Waals surface area contributed by atoms with Crippen molar-refractivity contribution in [1.29, 1.82) is 0 Å². The molecular formula is C32H26O5. The molecule has 184 valence electrons. The molecule has 4 aromatic carbocycles. The zero-order valence-corrected chi connectivity index (χ0v) is 20.6. The van der Waals surface area contributed by atoms with Gasteiger partial charge in [0, 0.05) is 17.2 Å². The Labute approximate surface area is 215 Å². The number of carbonyl (C=O) groups is 1. The van der Waals surface area contributed by atoms with Crippen molar-refractivity contribution in [2.45, 2.75) is 13.5 Å². The number of aliphatic hydroxyl groups excluding tert-OH is 1. The first kappa shape index (κ1) is 23.9. The van der Waals surface area contributed by atoms with Crippen LogP contribution in [0.4, 0.5) is 0 Å². The maximum Gasteiger partial charge on any atom is 0.193 e. The lowest BCUT2D eigenvalue weighted by Crippen LogP contribution is -2.00. The van der Waals surface area contributed by atoms with Crippen molar-refractivity contribution in [2.75, 3.05) is 7.11 Å². The normalized spacial score (nSPS) is 11.5. The van der Waals surface area contributed by atoms with Gasteiger partial charge in [-0.1, -0.05) is 60.7 Å². The van der Waals surface area contributed by atoms with Crippen molar-refractivity contribution in [3.63, 3.8) is 0 Å². The maximum absolute atomic E-state index is 13.0. The molecule has 0 aliphatic carbocycles. The first-order valence-corrected chi connectivity index (χ1v) is 11.9. The van der Waals surface area contributed by atoms with Crippen molar-refractivity contribution in [2.24, 2.45) is 0 Å². The third-order valence-corrected chi connectivity index (χ3v) is 6.15. The third kappa shape index (κ3) is 5.11. The summed E-state index contributed by atoms with van der Waals surface area (Å²) < 4.78 is 17.7. The number of hydrogen-bond donors (Lipinski definition) is 1. The number of ether oxygens (including phenoxy) is 2. The zero-order chi connectivity index (χ0) is 25.8. The van der Waals surface area contributed by atoms with Crippen LogP contribution in [0, 0.1) is 6.92 Å². The second-order valence-electron chi connectivity index (χ2n) is 8.68. The first-order chi connectivity index (χ1) is 18.0. The van der Waals surface area contributed by atoms with Crippen LogP contribution in [0.1, 0.15) is 27.0 Å². The van der Waals surface area contributed by atoms with E-state index in [1.807, 2.05) is 67.6 Å². The number of fused-ring (bicyclic) bond motifs is 1. The molecule has 5 rings (SSSR count). The van der Waals surface area contributed by atoms with Gasteiger partial charge in [-0.15, -0.1) is 0 Å². The van der Waals surface area contributed by atoms with E-state index in [4.69, 9.17) is 13.9 Å². The average molecular weight is 491 g/mol. The van der Waals surface area contributed by atoms with Crippen LogP contribution in [0.25, 0.3) is 28.1 Å². The van der Waals surface area contributed by atoms with E-state index in [9.17, 15) is 9.90 Å². The molecule has 1 N–H and O–H groups in total. The summed E-state index contributed by atoms with van der Waals surface area (Å²) in [5.74, 6) is 1.39. The lowest BCUT2D eigenvalue weighted by Gasteiger charge is -2.10. The van der Waals surface area contributed by atoms with Crippen LogP contribution < -0.4 is 9.47 Å². The summed E-state index contributed by atoms with van der Waals surface area (Å²) in [6, 6.07) is 30.1. The SMILES string of the molecule is COc1c(C(=O)/C=C(\O)c2ccccc2)ccc2oc(-c3ccc(OCc4ccccc4)c(C)c3)cc12. The molecule has 0 atom stereocenters. The van der Waals surface area contributed by atoms with E-state index in [-0.39, 0.29) is 11.5 Å². The molecule has 0 aliphatic heterocycles. The Kier molecular flexibility index (Phi) is 6.77. The lowest BCUT2D eigenvalue weighted by atomic mass is 10.0. The Morgan fingerprint density at radius 1 is 0.919 bits per heavy atom. The number of aryl methyl sites for hydroxylation is 1. The Hall–Kier alpha value is -4.77. The van der Waals surface area contributed by atoms with Crippen LogP contribution in [0.2, 0.25) is 0 Å². The molecule has 5 aromatic rings. The maximum atomic E-state index is 13.0. The molecule has 1 heterocycles. The number of ketones is 1. The quantitative estimate of drug-likeness (QED) is 0.137. The van der Waals surface area contributed by atoms with Gasteiger partial charge in [-0.3, -0.25) is 4.79 Å². The van der Waals surface area contributed by atoms with Gasteiger partial charge in [0.25, 0.3) is 0 Å². The van der Waals surface area contributed by atoms with Gasteiger partial charge in [-0.25, -0.2) is 0 Å². The summed E-state index contributed by atoms with van der Waals surface area (Å²) in [6.45, 7) is 2.49. The van der Waals surface area contributed by atoms with E-state index in [1.54, 1.807) is 36.4 Å². The molecule has 0 unspecified atom stereocenters. The number of carbonyl (C=O) groups excluding carboxylic acids is 1. The lowest BCUT2D eigenvalue weighted by molar-refractivity contribution is 0.104. The first-order valence-electron chi connectivity index (χ1n) is 11.9. The number of aliphatic hydroxyl groups is 1. The molecule has 0 fully saturated rings. The van der Waals surface area contributed by atoms with Crippen molar-refractivity contribution >= 4 is 22.5 Å². The van der Waals surface area contributed by atoms with Gasteiger partial charge in [0.15, 0.2) is 5.78 Å². The van der Waals surface area contributed by atoms with Crippen LogP contribution in [0.5, 0.6) is 11.5 Å². The van der Waals surface area contributed by atoms with E-state index >= 15 is 0 Å². The summed E-state index contributed by atoms with van der Waals surface area (Å²) in [6.07, 6.45) is 1.21. The van der Waals surface area contributed by atoms with E-state index in [2.05, 4.69) is 0 Å². The molecule has 0 saturated carbocycles. The predicted octanol–water partition coefficient (Wildman–Crippen LogP) is 7.78. The predicted molar refractivity (Wildman–Crippen MR) is 145 cm³/mol. The van der Waals surface area contributed by atoms with Gasteiger partial charge in [-0.05, 0) is 54.4 Å². The van der Waals surface area contributed by atoms with Crippen LogP contribution in [-0.4, -0.2) is 18.0 Å². The second-order valence-corrected chi connectivity index (χ2v) is 8.68. The molecule has 0 amide bonds. The molecule has 37 heavy (non-hydrogen) atoms. The number of benzene rings is 4. The van der Waals surface area contributed by atoms with Gasteiger partial charge in [-0.2, -0.15) is 0 Å². The van der Waals surface area contributed by atoms with Gasteiger partial charge in [0.1, 0.15) is 35.2 Å². The van der Waals surface area contributed by atoms with Crippen molar-refractivity contribution in [1.82, 2.24) is 0 Å². The third-order valence-electron chi connectivity index (χ3n) is 6.15. The minimum absolute atomic E-state index is 0.106. The number of furan rings is 1. The largest absolute Gasteiger partial charge is 0.507 e. The highest BCUT2D eigenvalue weighted by atomic mass is 16.5. The standard InChI is InChI=1S/C32H26O5/c1-21-17-24(13-15-29(21)36-20-22-9-5-3-6-10-22)31-18-26-30(37-31)16-14-25(32(26)35-2)28(34)19-27(33)23-11-7-4-8-12-23/h3-19,33H,20H2,1-2H3/b27-19-. The fourth-order valence-corrected chi connectivity index (χ4v) is 4.24. The molecule has 0 aliphatic rings. The van der Waals surface area contributed by atoms with Crippen LogP contribution in [0.15, 0.2) is 108 Å². The summed E-state index contributed by atoms with van der Waals surface area (Å²) in [4.78, 5) is 13.0. The van der Waals surface area contributed by atoms with Crippen molar-refractivity contribution in [3.8, 4) is 22.8 Å². The Balaban J connectivity index is 1.42. The molecule has 0 radical (unpaired) electrons. The molecule has 5 heteroatoms. The molecule has 0 saturated heterocycles. The molecular weight excluding hydrogens is 464 g/mol. The van der Waals surface area contributed by atoms with Crippen LogP contribution in [0.3, 0.4) is 0 Å². The molecule has 1 aromatic heterocycles. The molecule has 0 spiro atoms. The fraction of sp³-hybridized carbons (Fsp3) is 0.0938. The van der Waals surface area contributed by atoms with Crippen molar-refractivity contribution in [3.05, 3.63) is 125 Å². The van der Waals surface area contributed by atoms with Gasteiger partial charge in [0.05, 0.1) is 18.1 Å². The number of methoxy groups -OCH3 is 1. The highest BCUT2D eigenvalue weighted by Gasteiger charge is 2.19. The second kappa shape index (κ2) is 10.5. The van der Waals surface area contributed by atoms with Gasteiger partial charge in [0.2, 0.25) is 0 Å².